The number of ether oxygens (including phenoxy) is 1. The Balaban J connectivity index is 3.33. The Hall–Kier alpha value is -2.18. The number of rotatable bonds is 68. The number of allylic oxidation sites excluding steroid dienone is 7. The van der Waals surface area contributed by atoms with E-state index in [1.54, 1.807) is 6.08 Å². The third-order valence-corrected chi connectivity index (χ3v) is 16.8. The molecule has 0 aromatic rings. The van der Waals surface area contributed by atoms with Crippen LogP contribution in [-0.4, -0.2) is 47.4 Å². The molecule has 0 spiro atoms. The standard InChI is InChI=1S/C75H141NO5/c1-3-5-7-9-11-13-14-15-16-43-46-49-53-57-61-65-69-75(80)81-70-66-62-58-54-50-47-44-41-39-37-35-33-31-29-27-25-23-21-19-17-18-20-22-24-26-28-30-32-34-36-38-40-42-45-48-52-56-60-64-68-74(79)76-72(71-77)73(78)67-63-59-55-51-12-10-8-6-4-2/h16-18,21,23,43,63,67,72-73,77-78H,3-15,19-20,22,24-42,44-62,64-66,68-71H2,1-2H3,(H,76,79)/b18-17-,23-21-,43-16-,67-63+. The summed E-state index contributed by atoms with van der Waals surface area (Å²) < 4.78 is 5.50. The molecule has 81 heavy (non-hydrogen) atoms. The topological polar surface area (TPSA) is 95.9 Å². The van der Waals surface area contributed by atoms with Crippen molar-refractivity contribution in [2.45, 2.75) is 405 Å². The van der Waals surface area contributed by atoms with Crippen molar-refractivity contribution in [2.75, 3.05) is 13.2 Å². The third kappa shape index (κ3) is 66.8. The van der Waals surface area contributed by atoms with Crippen LogP contribution in [0.5, 0.6) is 0 Å². The Morgan fingerprint density at radius 2 is 0.617 bits per heavy atom. The van der Waals surface area contributed by atoms with Crippen molar-refractivity contribution in [1.82, 2.24) is 5.32 Å². The van der Waals surface area contributed by atoms with Gasteiger partial charge in [-0.15, -0.1) is 0 Å². The van der Waals surface area contributed by atoms with Crippen molar-refractivity contribution >= 4 is 11.9 Å². The van der Waals surface area contributed by atoms with Gasteiger partial charge in [0.2, 0.25) is 5.91 Å². The van der Waals surface area contributed by atoms with Crippen molar-refractivity contribution in [1.29, 1.82) is 0 Å². The first kappa shape index (κ1) is 78.8. The summed E-state index contributed by atoms with van der Waals surface area (Å²) in [5.74, 6) is -0.0538. The SMILES string of the molecule is CCCCCCCCC/C=C\CCCCCCCC(=O)OCCCCCCCCCCCCCCCCC/C=C\C/C=C\CCCCCCCCCCCCCCCCCCCC(=O)NC(CO)C(O)/C=C/CCCCCCCCC. The van der Waals surface area contributed by atoms with Crippen molar-refractivity contribution < 1.29 is 24.5 Å². The number of carbonyl (C=O) groups excluding carboxylic acids is 2. The second-order valence-corrected chi connectivity index (χ2v) is 24.9. The van der Waals surface area contributed by atoms with Gasteiger partial charge in [-0.3, -0.25) is 9.59 Å². The molecule has 476 valence electrons. The summed E-state index contributed by atoms with van der Waals surface area (Å²) in [4.78, 5) is 24.5. The van der Waals surface area contributed by atoms with Crippen LogP contribution in [-0.2, 0) is 14.3 Å². The van der Waals surface area contributed by atoms with E-state index in [1.807, 2.05) is 6.08 Å². The third-order valence-electron chi connectivity index (χ3n) is 16.8. The number of aliphatic hydroxyl groups excluding tert-OH is 2. The molecule has 0 radical (unpaired) electrons. The number of unbranched alkanes of at least 4 members (excludes halogenated alkanes) is 51. The highest BCUT2D eigenvalue weighted by Gasteiger charge is 2.18. The van der Waals surface area contributed by atoms with Crippen molar-refractivity contribution in [3.05, 3.63) is 48.6 Å². The first-order chi connectivity index (χ1) is 40.0. The van der Waals surface area contributed by atoms with Gasteiger partial charge in [0.05, 0.1) is 25.4 Å². The first-order valence-electron chi connectivity index (χ1n) is 36.4. The molecule has 2 unspecified atom stereocenters. The van der Waals surface area contributed by atoms with Gasteiger partial charge < -0.3 is 20.3 Å². The average molecular weight is 1140 g/mol. The van der Waals surface area contributed by atoms with Crippen molar-refractivity contribution in [2.24, 2.45) is 0 Å². The van der Waals surface area contributed by atoms with E-state index in [9.17, 15) is 19.8 Å². The molecule has 0 heterocycles. The zero-order chi connectivity index (χ0) is 58.5. The predicted molar refractivity (Wildman–Crippen MR) is 356 cm³/mol. The second kappa shape index (κ2) is 70.3. The molecule has 0 saturated carbocycles. The molecule has 6 nitrogen and oxygen atoms in total. The van der Waals surface area contributed by atoms with Gasteiger partial charge in [-0.1, -0.05) is 339 Å². The molecular weight excluding hydrogens is 995 g/mol. The van der Waals surface area contributed by atoms with E-state index in [0.29, 0.717) is 19.4 Å². The number of aliphatic hydroxyl groups is 2. The van der Waals surface area contributed by atoms with Crippen LogP contribution in [0.1, 0.15) is 393 Å². The Labute approximate surface area is 506 Å². The minimum atomic E-state index is -0.840. The largest absolute Gasteiger partial charge is 0.466 e. The van der Waals surface area contributed by atoms with E-state index in [1.165, 1.54) is 315 Å². The number of hydrogen-bond acceptors (Lipinski definition) is 5. The monoisotopic (exact) mass is 1140 g/mol. The molecule has 1 amide bonds. The molecule has 0 bridgehead atoms. The minimum absolute atomic E-state index is 0.0128. The van der Waals surface area contributed by atoms with Gasteiger partial charge in [0.1, 0.15) is 0 Å². The molecule has 0 saturated heterocycles. The van der Waals surface area contributed by atoms with E-state index in [2.05, 4.69) is 55.6 Å². The zero-order valence-corrected chi connectivity index (χ0v) is 54.5. The van der Waals surface area contributed by atoms with Gasteiger partial charge in [0.25, 0.3) is 0 Å². The zero-order valence-electron chi connectivity index (χ0n) is 54.5. The van der Waals surface area contributed by atoms with E-state index in [4.69, 9.17) is 4.74 Å². The van der Waals surface area contributed by atoms with E-state index in [-0.39, 0.29) is 18.5 Å². The number of esters is 1. The second-order valence-electron chi connectivity index (χ2n) is 24.9. The van der Waals surface area contributed by atoms with Gasteiger partial charge in [-0.2, -0.15) is 0 Å². The summed E-state index contributed by atoms with van der Waals surface area (Å²) in [5, 5.41) is 23.0. The van der Waals surface area contributed by atoms with Gasteiger partial charge in [-0.25, -0.2) is 0 Å². The van der Waals surface area contributed by atoms with Gasteiger partial charge in [-0.05, 0) is 89.9 Å². The summed E-state index contributed by atoms with van der Waals surface area (Å²) in [6, 6.07) is -0.624. The lowest BCUT2D eigenvalue weighted by Gasteiger charge is -2.20. The smallest absolute Gasteiger partial charge is 0.305 e. The minimum Gasteiger partial charge on any atom is -0.466 e. The highest BCUT2D eigenvalue weighted by atomic mass is 16.5. The Bertz CT molecular complexity index is 1360. The van der Waals surface area contributed by atoms with Gasteiger partial charge in [0.15, 0.2) is 0 Å². The molecule has 6 heteroatoms. The number of nitrogens with one attached hydrogen (secondary N) is 1. The highest BCUT2D eigenvalue weighted by Crippen LogP contribution is 2.18. The van der Waals surface area contributed by atoms with Crippen LogP contribution in [0.15, 0.2) is 48.6 Å². The molecule has 3 N–H and O–H groups in total. The lowest BCUT2D eigenvalue weighted by atomic mass is 10.0. The molecule has 0 aliphatic carbocycles. The van der Waals surface area contributed by atoms with Crippen molar-refractivity contribution in [3.63, 3.8) is 0 Å². The Kier molecular flexibility index (Phi) is 68.4. The molecule has 0 aliphatic rings. The Morgan fingerprint density at radius 1 is 0.346 bits per heavy atom. The summed E-state index contributed by atoms with van der Waals surface area (Å²) in [6.45, 7) is 4.89. The van der Waals surface area contributed by atoms with Crippen molar-refractivity contribution in [3.8, 4) is 0 Å². The lowest BCUT2D eigenvalue weighted by molar-refractivity contribution is -0.143. The quantitative estimate of drug-likeness (QED) is 0.0320. The maximum absolute atomic E-state index is 12.4. The van der Waals surface area contributed by atoms with Crippen LogP contribution >= 0.6 is 0 Å². The predicted octanol–water partition coefficient (Wildman–Crippen LogP) is 23.6. The summed E-state index contributed by atoms with van der Waals surface area (Å²) in [5.41, 5.74) is 0. The van der Waals surface area contributed by atoms with Crippen LogP contribution in [0, 0.1) is 0 Å². The molecule has 0 aliphatic heterocycles. The average Bonchev–Trinajstić information content (AvgIpc) is 3.47. The van der Waals surface area contributed by atoms with Crippen LogP contribution in [0.4, 0.5) is 0 Å². The molecule has 0 fully saturated rings. The van der Waals surface area contributed by atoms with Crippen LogP contribution < -0.4 is 5.32 Å². The van der Waals surface area contributed by atoms with Crippen LogP contribution in [0.2, 0.25) is 0 Å². The normalized spacial score (nSPS) is 12.8. The molecule has 0 aromatic heterocycles. The first-order valence-corrected chi connectivity index (χ1v) is 36.4. The Morgan fingerprint density at radius 3 is 0.951 bits per heavy atom. The highest BCUT2D eigenvalue weighted by molar-refractivity contribution is 5.76. The molecule has 2 atom stereocenters. The molecular formula is C75H141NO5. The number of hydrogen-bond donors (Lipinski definition) is 3. The summed E-state index contributed by atoms with van der Waals surface area (Å²) >= 11 is 0. The fraction of sp³-hybridized carbons (Fsp3) is 0.867. The maximum atomic E-state index is 12.4. The molecule has 0 rings (SSSR count). The van der Waals surface area contributed by atoms with Crippen LogP contribution in [0.25, 0.3) is 0 Å². The fourth-order valence-corrected chi connectivity index (χ4v) is 11.3. The summed E-state index contributed by atoms with van der Waals surface area (Å²) in [6.07, 6.45) is 92.3. The van der Waals surface area contributed by atoms with Gasteiger partial charge >= 0.3 is 5.97 Å². The van der Waals surface area contributed by atoms with E-state index < -0.39 is 12.1 Å². The van der Waals surface area contributed by atoms with Crippen LogP contribution in [0.3, 0.4) is 0 Å². The van der Waals surface area contributed by atoms with E-state index >= 15 is 0 Å². The summed E-state index contributed by atoms with van der Waals surface area (Å²) in [7, 11) is 0. The fourth-order valence-electron chi connectivity index (χ4n) is 11.3. The maximum Gasteiger partial charge on any atom is 0.305 e. The number of carbonyl (C=O) groups is 2. The number of amides is 1. The lowest BCUT2D eigenvalue weighted by Crippen LogP contribution is -2.45. The van der Waals surface area contributed by atoms with E-state index in [0.717, 1.165) is 51.4 Å². The van der Waals surface area contributed by atoms with Gasteiger partial charge in [0, 0.05) is 12.8 Å². The molecule has 0 aromatic carbocycles.